The molecule has 1 fully saturated rings. The van der Waals surface area contributed by atoms with Crippen LogP contribution in [0.4, 0.5) is 0 Å². The Morgan fingerprint density at radius 3 is 2.63 bits per heavy atom. The summed E-state index contributed by atoms with van der Waals surface area (Å²) in [4.78, 5) is 27.7. The average Bonchev–Trinajstić information content (AvgIpc) is 3.26. The van der Waals surface area contributed by atoms with E-state index in [-0.39, 0.29) is 18.4 Å². The highest BCUT2D eigenvalue weighted by Crippen LogP contribution is 2.33. The summed E-state index contributed by atoms with van der Waals surface area (Å²) in [7, 11) is 1.49. The second-order valence-electron chi connectivity index (χ2n) is 6.73. The Morgan fingerprint density at radius 2 is 1.83 bits per heavy atom. The molecule has 0 spiro atoms. The van der Waals surface area contributed by atoms with Gasteiger partial charge in [-0.2, -0.15) is 0 Å². The highest BCUT2D eigenvalue weighted by molar-refractivity contribution is 6.06. The van der Waals surface area contributed by atoms with E-state index >= 15 is 0 Å². The summed E-state index contributed by atoms with van der Waals surface area (Å²) < 4.78 is 21.3. The predicted molar refractivity (Wildman–Crippen MR) is 108 cm³/mol. The fourth-order valence-electron chi connectivity index (χ4n) is 3.28. The van der Waals surface area contributed by atoms with Crippen LogP contribution in [0, 0.1) is 0 Å². The minimum Gasteiger partial charge on any atom is -0.496 e. The summed E-state index contributed by atoms with van der Waals surface area (Å²) in [6.45, 7) is 2.00. The first-order valence-corrected chi connectivity index (χ1v) is 9.58. The number of carbonyl (C=O) groups excluding carboxylic acids is 2. The Bertz CT molecular complexity index is 981. The van der Waals surface area contributed by atoms with E-state index in [1.165, 1.54) is 7.11 Å². The van der Waals surface area contributed by atoms with Gasteiger partial charge in [0.1, 0.15) is 11.4 Å². The summed E-state index contributed by atoms with van der Waals surface area (Å²) in [5, 5.41) is 2.76. The number of nitrogens with one attached hydrogen (secondary N) is 1. The van der Waals surface area contributed by atoms with E-state index in [1.54, 1.807) is 53.4 Å². The Morgan fingerprint density at radius 1 is 1.07 bits per heavy atom. The Kier molecular flexibility index (Phi) is 5.85. The quantitative estimate of drug-likeness (QED) is 0.760. The number of amides is 2. The lowest BCUT2D eigenvalue weighted by atomic mass is 10.1. The number of nitrogens with zero attached hydrogens (tertiary/aromatic N) is 1. The molecule has 4 rings (SSSR count). The molecular formula is C22H22N2O6. The first kappa shape index (κ1) is 19.8. The van der Waals surface area contributed by atoms with E-state index in [0.29, 0.717) is 54.7 Å². The Balaban J connectivity index is 1.64. The van der Waals surface area contributed by atoms with Gasteiger partial charge in [0.2, 0.25) is 6.79 Å². The van der Waals surface area contributed by atoms with Gasteiger partial charge in [0.05, 0.1) is 25.9 Å². The molecule has 2 amide bonds. The van der Waals surface area contributed by atoms with E-state index in [1.807, 2.05) is 0 Å². The predicted octanol–water partition coefficient (Wildman–Crippen LogP) is 2.05. The minimum atomic E-state index is -0.430. The molecule has 0 atom stereocenters. The maximum atomic E-state index is 13.2. The fraction of sp³-hybridized carbons (Fsp3) is 0.273. The van der Waals surface area contributed by atoms with Gasteiger partial charge in [-0.25, -0.2) is 0 Å². The monoisotopic (exact) mass is 410 g/mol. The van der Waals surface area contributed by atoms with Crippen LogP contribution in [0.2, 0.25) is 0 Å². The number of carbonyl (C=O) groups is 2. The smallest absolute Gasteiger partial charge is 0.270 e. The van der Waals surface area contributed by atoms with Crippen molar-refractivity contribution < 1.29 is 28.5 Å². The Hall–Kier alpha value is -3.52. The molecule has 0 aromatic heterocycles. The van der Waals surface area contributed by atoms with Crippen LogP contribution in [-0.2, 0) is 9.53 Å². The summed E-state index contributed by atoms with van der Waals surface area (Å²) >= 11 is 0. The van der Waals surface area contributed by atoms with Crippen molar-refractivity contribution in [1.29, 1.82) is 0 Å². The SMILES string of the molecule is COc1ccccc1C(=O)N/C(=C\c1ccc2c(c1)OCO2)C(=O)N1CCOCC1. The summed E-state index contributed by atoms with van der Waals surface area (Å²) in [5.41, 5.74) is 1.20. The standard InChI is InChI=1S/C22H22N2O6/c1-27-18-5-3-2-4-16(18)21(25)23-17(22(26)24-8-10-28-11-9-24)12-15-6-7-19-20(13-15)30-14-29-19/h2-7,12-13H,8-11,14H2,1H3,(H,23,25)/b17-12-. The van der Waals surface area contributed by atoms with Crippen LogP contribution in [0.3, 0.4) is 0 Å². The average molecular weight is 410 g/mol. The first-order chi connectivity index (χ1) is 14.7. The van der Waals surface area contributed by atoms with Crippen molar-refractivity contribution in [3.8, 4) is 17.2 Å². The second kappa shape index (κ2) is 8.87. The molecule has 1 N–H and O–H groups in total. The summed E-state index contributed by atoms with van der Waals surface area (Å²) in [6, 6.07) is 12.2. The van der Waals surface area contributed by atoms with Crippen LogP contribution in [-0.4, -0.2) is 56.9 Å². The van der Waals surface area contributed by atoms with Gasteiger partial charge in [0.25, 0.3) is 11.8 Å². The lowest BCUT2D eigenvalue weighted by Gasteiger charge is -2.28. The maximum Gasteiger partial charge on any atom is 0.270 e. The third-order valence-electron chi connectivity index (χ3n) is 4.84. The van der Waals surface area contributed by atoms with Crippen molar-refractivity contribution in [2.75, 3.05) is 40.2 Å². The van der Waals surface area contributed by atoms with Crippen molar-refractivity contribution in [1.82, 2.24) is 10.2 Å². The minimum absolute atomic E-state index is 0.159. The number of hydrogen-bond acceptors (Lipinski definition) is 6. The molecule has 2 aromatic rings. The van der Waals surface area contributed by atoms with E-state index in [0.717, 1.165) is 0 Å². The third kappa shape index (κ3) is 4.23. The van der Waals surface area contributed by atoms with Crippen molar-refractivity contribution in [3.05, 3.63) is 59.3 Å². The highest BCUT2D eigenvalue weighted by atomic mass is 16.7. The molecule has 8 nitrogen and oxygen atoms in total. The number of benzene rings is 2. The van der Waals surface area contributed by atoms with Gasteiger partial charge in [-0.1, -0.05) is 18.2 Å². The van der Waals surface area contributed by atoms with Crippen LogP contribution in [0.5, 0.6) is 17.2 Å². The maximum absolute atomic E-state index is 13.2. The van der Waals surface area contributed by atoms with Gasteiger partial charge in [0.15, 0.2) is 11.5 Å². The second-order valence-corrected chi connectivity index (χ2v) is 6.73. The molecule has 2 aliphatic heterocycles. The van der Waals surface area contributed by atoms with Gasteiger partial charge in [0, 0.05) is 13.1 Å². The zero-order valence-electron chi connectivity index (χ0n) is 16.6. The van der Waals surface area contributed by atoms with Gasteiger partial charge in [-0.3, -0.25) is 9.59 Å². The number of methoxy groups -OCH3 is 1. The molecule has 0 bridgehead atoms. The molecule has 8 heteroatoms. The number of para-hydroxylation sites is 1. The van der Waals surface area contributed by atoms with Gasteiger partial charge < -0.3 is 29.2 Å². The molecule has 2 aliphatic rings. The molecule has 1 saturated heterocycles. The zero-order chi connectivity index (χ0) is 20.9. The van der Waals surface area contributed by atoms with E-state index < -0.39 is 5.91 Å². The normalized spacial score (nSPS) is 15.6. The van der Waals surface area contributed by atoms with Gasteiger partial charge >= 0.3 is 0 Å². The molecule has 2 aromatic carbocycles. The number of rotatable bonds is 5. The topological polar surface area (TPSA) is 86.3 Å². The van der Waals surface area contributed by atoms with E-state index in [2.05, 4.69) is 5.32 Å². The van der Waals surface area contributed by atoms with Crippen molar-refractivity contribution >= 4 is 17.9 Å². The van der Waals surface area contributed by atoms with Crippen LogP contribution in [0.15, 0.2) is 48.2 Å². The number of ether oxygens (including phenoxy) is 4. The molecular weight excluding hydrogens is 388 g/mol. The van der Waals surface area contributed by atoms with Crippen molar-refractivity contribution in [2.24, 2.45) is 0 Å². The summed E-state index contributed by atoms with van der Waals surface area (Å²) in [6.07, 6.45) is 1.63. The highest BCUT2D eigenvalue weighted by Gasteiger charge is 2.24. The molecule has 30 heavy (non-hydrogen) atoms. The van der Waals surface area contributed by atoms with Gasteiger partial charge in [-0.05, 0) is 35.9 Å². The molecule has 0 unspecified atom stereocenters. The van der Waals surface area contributed by atoms with Crippen LogP contribution in [0.25, 0.3) is 6.08 Å². The lowest BCUT2D eigenvalue weighted by molar-refractivity contribution is -0.131. The molecule has 2 heterocycles. The first-order valence-electron chi connectivity index (χ1n) is 9.58. The lowest BCUT2D eigenvalue weighted by Crippen LogP contribution is -2.44. The molecule has 156 valence electrons. The van der Waals surface area contributed by atoms with Crippen molar-refractivity contribution in [3.63, 3.8) is 0 Å². The Labute approximate surface area is 174 Å². The van der Waals surface area contributed by atoms with E-state index in [9.17, 15) is 9.59 Å². The molecule has 0 radical (unpaired) electrons. The molecule has 0 aliphatic carbocycles. The number of fused-ring (bicyclic) bond motifs is 1. The van der Waals surface area contributed by atoms with Crippen LogP contribution < -0.4 is 19.5 Å². The van der Waals surface area contributed by atoms with Crippen LogP contribution in [0.1, 0.15) is 15.9 Å². The number of morpholine rings is 1. The zero-order valence-corrected chi connectivity index (χ0v) is 16.6. The van der Waals surface area contributed by atoms with Crippen molar-refractivity contribution in [2.45, 2.75) is 0 Å². The van der Waals surface area contributed by atoms with E-state index in [4.69, 9.17) is 18.9 Å². The fourth-order valence-corrected chi connectivity index (χ4v) is 3.28. The largest absolute Gasteiger partial charge is 0.496 e. The summed E-state index contributed by atoms with van der Waals surface area (Å²) in [5.74, 6) is 0.959. The molecule has 0 saturated carbocycles. The van der Waals surface area contributed by atoms with Crippen LogP contribution >= 0.6 is 0 Å². The van der Waals surface area contributed by atoms with Gasteiger partial charge in [-0.15, -0.1) is 0 Å². The number of hydrogen-bond donors (Lipinski definition) is 1. The third-order valence-corrected chi connectivity index (χ3v) is 4.84.